The first-order chi connectivity index (χ1) is 18.9. The molecule has 8 nitrogen and oxygen atoms in total. The number of hydrogen-bond acceptors (Lipinski definition) is 8. The molecule has 198 valence electrons. The summed E-state index contributed by atoms with van der Waals surface area (Å²) in [6.45, 7) is 6.29. The standard InChI is InChI=1S/C30H26N2O6S/c1-4-15-38-20-11-9-18(10-12-20)26-25(27(33)19-7-6-8-22(16-19)37-5-2)28(34)29(35)32(26)30-31-23-14-13-21(36-3)17-24(23)39-30/h4,6-14,16-17,26,33H,1,5,15H2,2-3H3/b27-25+. The first-order valence-corrected chi connectivity index (χ1v) is 13.1. The number of Topliss-reactive ketones (excluding diaryl/α,β-unsaturated/α-hetero) is 1. The summed E-state index contributed by atoms with van der Waals surface area (Å²) >= 11 is 1.26. The van der Waals surface area contributed by atoms with Gasteiger partial charge >= 0.3 is 5.91 Å². The van der Waals surface area contributed by atoms with Crippen LogP contribution in [-0.2, 0) is 9.59 Å². The molecule has 3 aromatic carbocycles. The van der Waals surface area contributed by atoms with Crippen LogP contribution in [-0.4, -0.2) is 42.1 Å². The molecule has 4 aromatic rings. The summed E-state index contributed by atoms with van der Waals surface area (Å²) < 4.78 is 17.3. The second kappa shape index (κ2) is 11.0. The molecule has 2 heterocycles. The molecular weight excluding hydrogens is 516 g/mol. The fraction of sp³-hybridized carbons (Fsp3) is 0.167. The summed E-state index contributed by atoms with van der Waals surface area (Å²) in [5.74, 6) is -0.0790. The predicted octanol–water partition coefficient (Wildman–Crippen LogP) is 5.89. The Kier molecular flexibility index (Phi) is 7.33. The van der Waals surface area contributed by atoms with E-state index in [9.17, 15) is 14.7 Å². The van der Waals surface area contributed by atoms with Gasteiger partial charge in [0.15, 0.2) is 5.13 Å². The van der Waals surface area contributed by atoms with Gasteiger partial charge in [-0.05, 0) is 55.0 Å². The molecule has 1 fully saturated rings. The predicted molar refractivity (Wildman–Crippen MR) is 151 cm³/mol. The third kappa shape index (κ3) is 4.96. The zero-order valence-corrected chi connectivity index (χ0v) is 22.2. The van der Waals surface area contributed by atoms with Crippen molar-refractivity contribution in [3.05, 3.63) is 96.1 Å². The van der Waals surface area contributed by atoms with Crippen molar-refractivity contribution in [1.82, 2.24) is 4.98 Å². The van der Waals surface area contributed by atoms with Gasteiger partial charge in [0.25, 0.3) is 5.78 Å². The molecule has 9 heteroatoms. The third-order valence-corrected chi connectivity index (χ3v) is 7.23. The van der Waals surface area contributed by atoms with Gasteiger partial charge in [0.2, 0.25) is 0 Å². The topological polar surface area (TPSA) is 98.2 Å². The number of rotatable bonds is 9. The molecule has 0 saturated carbocycles. The minimum absolute atomic E-state index is 0.0368. The Labute approximate surface area is 229 Å². The number of thiazole rings is 1. The van der Waals surface area contributed by atoms with Crippen LogP contribution in [0, 0.1) is 0 Å². The summed E-state index contributed by atoms with van der Waals surface area (Å²) in [6.07, 6.45) is 1.64. The minimum atomic E-state index is -0.920. The van der Waals surface area contributed by atoms with Crippen LogP contribution in [0.4, 0.5) is 5.13 Å². The summed E-state index contributed by atoms with van der Waals surface area (Å²) in [7, 11) is 1.57. The highest BCUT2D eigenvalue weighted by atomic mass is 32.1. The van der Waals surface area contributed by atoms with Gasteiger partial charge in [-0.2, -0.15) is 0 Å². The van der Waals surface area contributed by atoms with Crippen molar-refractivity contribution in [1.29, 1.82) is 0 Å². The van der Waals surface area contributed by atoms with Gasteiger partial charge in [-0.15, -0.1) is 0 Å². The molecule has 1 unspecified atom stereocenters. The number of carbonyl (C=O) groups is 2. The molecule has 5 rings (SSSR count). The van der Waals surface area contributed by atoms with E-state index in [1.54, 1.807) is 73.8 Å². The van der Waals surface area contributed by atoms with E-state index in [-0.39, 0.29) is 11.3 Å². The highest BCUT2D eigenvalue weighted by molar-refractivity contribution is 7.22. The van der Waals surface area contributed by atoms with Crippen LogP contribution in [0.1, 0.15) is 24.1 Å². The Morgan fingerprint density at radius 2 is 1.82 bits per heavy atom. The molecule has 1 aliphatic rings. The van der Waals surface area contributed by atoms with Gasteiger partial charge in [-0.1, -0.05) is 48.3 Å². The summed E-state index contributed by atoms with van der Waals surface area (Å²) in [6, 6.07) is 18.3. The molecule has 1 aromatic heterocycles. The smallest absolute Gasteiger partial charge is 0.301 e. The van der Waals surface area contributed by atoms with Gasteiger partial charge < -0.3 is 19.3 Å². The van der Waals surface area contributed by atoms with Gasteiger partial charge in [0, 0.05) is 5.56 Å². The van der Waals surface area contributed by atoms with Crippen molar-refractivity contribution in [2.75, 3.05) is 25.2 Å². The lowest BCUT2D eigenvalue weighted by atomic mass is 9.95. The molecule has 1 amide bonds. The molecule has 1 aliphatic heterocycles. The highest BCUT2D eigenvalue weighted by Gasteiger charge is 2.48. The van der Waals surface area contributed by atoms with Crippen molar-refractivity contribution in [2.45, 2.75) is 13.0 Å². The fourth-order valence-electron chi connectivity index (χ4n) is 4.42. The first-order valence-electron chi connectivity index (χ1n) is 12.3. The van der Waals surface area contributed by atoms with E-state index < -0.39 is 17.7 Å². The first kappa shape index (κ1) is 26.0. The summed E-state index contributed by atoms with van der Waals surface area (Å²) in [5, 5.41) is 11.8. The van der Waals surface area contributed by atoms with E-state index in [4.69, 9.17) is 14.2 Å². The molecule has 0 radical (unpaired) electrons. The lowest BCUT2D eigenvalue weighted by molar-refractivity contribution is -0.132. The van der Waals surface area contributed by atoms with Gasteiger partial charge in [-0.25, -0.2) is 4.98 Å². The van der Waals surface area contributed by atoms with Crippen molar-refractivity contribution < 1.29 is 28.9 Å². The molecular formula is C30H26N2O6S. The van der Waals surface area contributed by atoms with Crippen LogP contribution < -0.4 is 19.1 Å². The quantitative estimate of drug-likeness (QED) is 0.122. The second-order valence-electron chi connectivity index (χ2n) is 8.63. The molecule has 1 atom stereocenters. The number of methoxy groups -OCH3 is 1. The van der Waals surface area contributed by atoms with Crippen LogP contribution >= 0.6 is 11.3 Å². The van der Waals surface area contributed by atoms with Crippen LogP contribution in [0.25, 0.3) is 16.0 Å². The number of aromatic nitrogens is 1. The maximum Gasteiger partial charge on any atom is 0.301 e. The van der Waals surface area contributed by atoms with Crippen molar-refractivity contribution in [2.24, 2.45) is 0 Å². The Bertz CT molecular complexity index is 1590. The number of fused-ring (bicyclic) bond motifs is 1. The molecule has 1 N–H and O–H groups in total. The van der Waals surface area contributed by atoms with Crippen LogP contribution in [0.5, 0.6) is 17.2 Å². The highest BCUT2D eigenvalue weighted by Crippen LogP contribution is 2.45. The van der Waals surface area contributed by atoms with E-state index in [0.29, 0.717) is 52.2 Å². The number of aliphatic hydroxyl groups is 1. The zero-order chi connectivity index (χ0) is 27.5. The number of nitrogens with zero attached hydrogens (tertiary/aromatic N) is 2. The second-order valence-corrected chi connectivity index (χ2v) is 9.64. The maximum absolute atomic E-state index is 13.5. The van der Waals surface area contributed by atoms with Crippen LogP contribution in [0.3, 0.4) is 0 Å². The largest absolute Gasteiger partial charge is 0.507 e. The van der Waals surface area contributed by atoms with Crippen LogP contribution in [0.15, 0.2) is 85.0 Å². The zero-order valence-electron chi connectivity index (χ0n) is 21.4. The van der Waals surface area contributed by atoms with Crippen molar-refractivity contribution in [3.8, 4) is 17.2 Å². The molecule has 1 saturated heterocycles. The molecule has 0 spiro atoms. The SMILES string of the molecule is C=CCOc1ccc(C2/C(=C(\O)c3cccc(OCC)c3)C(=O)C(=O)N2c2nc3ccc(OC)cc3s2)cc1. The Morgan fingerprint density at radius 1 is 1.05 bits per heavy atom. The molecule has 0 aliphatic carbocycles. The van der Waals surface area contributed by atoms with Crippen LogP contribution in [0.2, 0.25) is 0 Å². The number of aliphatic hydroxyl groups excluding tert-OH is 1. The van der Waals surface area contributed by atoms with E-state index in [2.05, 4.69) is 11.6 Å². The fourth-order valence-corrected chi connectivity index (χ4v) is 5.45. The lowest BCUT2D eigenvalue weighted by Gasteiger charge is -2.23. The van der Waals surface area contributed by atoms with Gasteiger partial charge in [0.05, 0.1) is 35.5 Å². The Morgan fingerprint density at radius 3 is 2.54 bits per heavy atom. The van der Waals surface area contributed by atoms with E-state index in [1.807, 2.05) is 13.0 Å². The number of ketones is 1. The monoisotopic (exact) mass is 542 g/mol. The molecule has 39 heavy (non-hydrogen) atoms. The number of hydrogen-bond donors (Lipinski definition) is 1. The molecule has 0 bridgehead atoms. The average molecular weight is 543 g/mol. The number of benzene rings is 3. The van der Waals surface area contributed by atoms with E-state index in [0.717, 1.165) is 4.70 Å². The van der Waals surface area contributed by atoms with Gasteiger partial charge in [0.1, 0.15) is 29.6 Å². The third-order valence-electron chi connectivity index (χ3n) is 6.22. The summed E-state index contributed by atoms with van der Waals surface area (Å²) in [5.41, 5.74) is 1.60. The normalized spacial score (nSPS) is 16.5. The van der Waals surface area contributed by atoms with E-state index in [1.165, 1.54) is 16.2 Å². The maximum atomic E-state index is 13.5. The minimum Gasteiger partial charge on any atom is -0.507 e. The Balaban J connectivity index is 1.66. The Hall–Kier alpha value is -4.63. The number of carbonyl (C=O) groups excluding carboxylic acids is 2. The van der Waals surface area contributed by atoms with Gasteiger partial charge in [-0.3, -0.25) is 14.5 Å². The number of amides is 1. The summed E-state index contributed by atoms with van der Waals surface area (Å²) in [4.78, 5) is 33.0. The number of anilines is 1. The number of ether oxygens (including phenoxy) is 3. The average Bonchev–Trinajstić information content (AvgIpc) is 3.49. The van der Waals surface area contributed by atoms with E-state index >= 15 is 0 Å². The van der Waals surface area contributed by atoms with Crippen molar-refractivity contribution >= 4 is 44.1 Å². The lowest BCUT2D eigenvalue weighted by Crippen LogP contribution is -2.29. The van der Waals surface area contributed by atoms with Crippen molar-refractivity contribution in [3.63, 3.8) is 0 Å².